The predicted molar refractivity (Wildman–Crippen MR) is 64.3 cm³/mol. The number of hydrogen-bond donors (Lipinski definition) is 1. The fourth-order valence-corrected chi connectivity index (χ4v) is 0.899. The molecule has 0 aliphatic rings. The van der Waals surface area contributed by atoms with Gasteiger partial charge in [-0.25, -0.2) is 4.39 Å². The monoisotopic (exact) mass is 214 g/mol. The van der Waals surface area contributed by atoms with Gasteiger partial charge in [-0.3, -0.25) is 4.98 Å². The summed E-state index contributed by atoms with van der Waals surface area (Å²) in [5.41, 5.74) is 6.21. The van der Waals surface area contributed by atoms with Crippen LogP contribution in [0, 0.1) is 5.82 Å². The topological polar surface area (TPSA) is 38.9 Å². The molecule has 1 aromatic heterocycles. The van der Waals surface area contributed by atoms with Crippen LogP contribution in [0.2, 0.25) is 0 Å². The van der Waals surface area contributed by atoms with Gasteiger partial charge in [0.05, 0.1) is 6.20 Å². The van der Waals surface area contributed by atoms with Crippen molar-refractivity contribution in [2.24, 2.45) is 5.73 Å². The number of nitrogens with two attached hydrogens (primary N) is 1. The van der Waals surface area contributed by atoms with Crippen molar-refractivity contribution < 1.29 is 4.39 Å². The minimum absolute atomic E-state index is 0.278. The maximum atomic E-state index is 12.5. The lowest BCUT2D eigenvalue weighted by molar-refractivity contribution is 0.617. The Morgan fingerprint density at radius 3 is 2.27 bits per heavy atom. The molecule has 1 heterocycles. The second-order valence-corrected chi connectivity index (χ2v) is 2.40. The SMILES string of the molecule is CC.CC.NCCCc1cncc(F)c1. The smallest absolute Gasteiger partial charge is 0.141 e. The van der Waals surface area contributed by atoms with Crippen molar-refractivity contribution >= 4 is 0 Å². The van der Waals surface area contributed by atoms with Crippen molar-refractivity contribution in [1.82, 2.24) is 4.98 Å². The molecule has 1 aromatic rings. The van der Waals surface area contributed by atoms with Gasteiger partial charge in [0, 0.05) is 6.20 Å². The number of rotatable bonds is 3. The summed E-state index contributed by atoms with van der Waals surface area (Å²) in [6.07, 6.45) is 4.55. The molecule has 0 atom stereocenters. The van der Waals surface area contributed by atoms with Crippen molar-refractivity contribution in [1.29, 1.82) is 0 Å². The third-order valence-electron chi connectivity index (χ3n) is 1.43. The maximum Gasteiger partial charge on any atom is 0.141 e. The Morgan fingerprint density at radius 1 is 1.20 bits per heavy atom. The summed E-state index contributed by atoms with van der Waals surface area (Å²) < 4.78 is 12.5. The van der Waals surface area contributed by atoms with E-state index in [1.165, 1.54) is 12.3 Å². The highest BCUT2D eigenvalue weighted by molar-refractivity contribution is 5.09. The van der Waals surface area contributed by atoms with Gasteiger partial charge in [-0.05, 0) is 31.0 Å². The van der Waals surface area contributed by atoms with Crippen LogP contribution in [0.25, 0.3) is 0 Å². The molecule has 3 heteroatoms. The van der Waals surface area contributed by atoms with E-state index < -0.39 is 0 Å². The molecule has 0 amide bonds. The number of aromatic nitrogens is 1. The molecule has 2 nitrogen and oxygen atoms in total. The average Bonchev–Trinajstić information content (AvgIpc) is 2.32. The second kappa shape index (κ2) is 13.0. The van der Waals surface area contributed by atoms with Crippen LogP contribution in [0.5, 0.6) is 0 Å². The molecule has 88 valence electrons. The van der Waals surface area contributed by atoms with Crippen LogP contribution < -0.4 is 5.73 Å². The van der Waals surface area contributed by atoms with Crippen LogP contribution in [0.15, 0.2) is 18.5 Å². The number of pyridine rings is 1. The first-order valence-electron chi connectivity index (χ1n) is 5.62. The van der Waals surface area contributed by atoms with Crippen molar-refractivity contribution in [3.63, 3.8) is 0 Å². The minimum atomic E-state index is -0.278. The van der Waals surface area contributed by atoms with Crippen LogP contribution in [0.4, 0.5) is 4.39 Å². The van der Waals surface area contributed by atoms with Crippen molar-refractivity contribution in [3.8, 4) is 0 Å². The van der Waals surface area contributed by atoms with E-state index in [0.717, 1.165) is 18.4 Å². The third kappa shape index (κ3) is 9.35. The lowest BCUT2D eigenvalue weighted by Crippen LogP contribution is -2.00. The molecule has 0 bridgehead atoms. The summed E-state index contributed by atoms with van der Waals surface area (Å²) in [4.78, 5) is 3.72. The van der Waals surface area contributed by atoms with E-state index in [0.29, 0.717) is 6.54 Å². The molecule has 2 N–H and O–H groups in total. The van der Waals surface area contributed by atoms with E-state index in [4.69, 9.17) is 5.73 Å². The second-order valence-electron chi connectivity index (χ2n) is 2.40. The van der Waals surface area contributed by atoms with Crippen molar-refractivity contribution in [3.05, 3.63) is 29.8 Å². The number of hydrogen-bond acceptors (Lipinski definition) is 2. The zero-order valence-electron chi connectivity index (χ0n) is 10.3. The first-order chi connectivity index (χ1) is 7.33. The largest absolute Gasteiger partial charge is 0.330 e. The van der Waals surface area contributed by atoms with Gasteiger partial charge in [-0.1, -0.05) is 27.7 Å². The van der Waals surface area contributed by atoms with Crippen molar-refractivity contribution in [2.75, 3.05) is 6.54 Å². The molecule has 0 saturated heterocycles. The fourth-order valence-electron chi connectivity index (χ4n) is 0.899. The predicted octanol–water partition coefficient (Wildman–Crippen LogP) is 3.16. The zero-order valence-corrected chi connectivity index (χ0v) is 10.3. The van der Waals surface area contributed by atoms with E-state index in [1.54, 1.807) is 6.20 Å². The number of nitrogens with zero attached hydrogens (tertiary/aromatic N) is 1. The van der Waals surface area contributed by atoms with Gasteiger partial charge < -0.3 is 5.73 Å². The molecule has 0 aliphatic heterocycles. The standard InChI is InChI=1S/C8H11FN2.2C2H6/c9-8-4-7(2-1-3-10)5-11-6-8;2*1-2/h4-6H,1-3,10H2;2*1-2H3. The summed E-state index contributed by atoms with van der Waals surface area (Å²) in [5, 5.41) is 0. The van der Waals surface area contributed by atoms with Crippen molar-refractivity contribution in [2.45, 2.75) is 40.5 Å². The molecule has 0 unspecified atom stereocenters. The highest BCUT2D eigenvalue weighted by atomic mass is 19.1. The van der Waals surface area contributed by atoms with Crippen LogP contribution in [0.1, 0.15) is 39.7 Å². The Morgan fingerprint density at radius 2 is 1.80 bits per heavy atom. The summed E-state index contributed by atoms with van der Waals surface area (Å²) >= 11 is 0. The molecule has 0 saturated carbocycles. The van der Waals surface area contributed by atoms with Gasteiger partial charge in [-0.15, -0.1) is 0 Å². The normalized spacial score (nSPS) is 8.13. The van der Waals surface area contributed by atoms with Gasteiger partial charge in [0.15, 0.2) is 0 Å². The van der Waals surface area contributed by atoms with E-state index in [-0.39, 0.29) is 5.82 Å². The van der Waals surface area contributed by atoms with E-state index >= 15 is 0 Å². The Labute approximate surface area is 92.7 Å². The van der Waals surface area contributed by atoms with Crippen LogP contribution in [-0.2, 0) is 6.42 Å². The fraction of sp³-hybridized carbons (Fsp3) is 0.583. The Kier molecular flexibility index (Phi) is 14.3. The van der Waals surface area contributed by atoms with Crippen LogP contribution >= 0.6 is 0 Å². The van der Waals surface area contributed by atoms with Crippen LogP contribution in [0.3, 0.4) is 0 Å². The molecule has 0 aromatic carbocycles. The van der Waals surface area contributed by atoms with E-state index in [2.05, 4.69) is 4.98 Å². The van der Waals surface area contributed by atoms with Gasteiger partial charge in [0.1, 0.15) is 5.82 Å². The van der Waals surface area contributed by atoms with Gasteiger partial charge in [-0.2, -0.15) is 0 Å². The summed E-state index contributed by atoms with van der Waals surface area (Å²) in [5.74, 6) is -0.278. The first kappa shape index (κ1) is 16.5. The molecule has 0 spiro atoms. The lowest BCUT2D eigenvalue weighted by atomic mass is 10.1. The molecule has 15 heavy (non-hydrogen) atoms. The minimum Gasteiger partial charge on any atom is -0.330 e. The van der Waals surface area contributed by atoms with Gasteiger partial charge >= 0.3 is 0 Å². The summed E-state index contributed by atoms with van der Waals surface area (Å²) in [6.45, 7) is 8.64. The molecule has 0 radical (unpaired) electrons. The molecule has 0 fully saturated rings. The Balaban J connectivity index is 0. The lowest BCUT2D eigenvalue weighted by Gasteiger charge is -1.97. The molecule has 0 aliphatic carbocycles. The third-order valence-corrected chi connectivity index (χ3v) is 1.43. The highest BCUT2D eigenvalue weighted by Gasteiger charge is 1.94. The zero-order chi connectivity index (χ0) is 12.1. The molecular formula is C12H23FN2. The van der Waals surface area contributed by atoms with Gasteiger partial charge in [0.2, 0.25) is 0 Å². The molecule has 1 rings (SSSR count). The number of aryl methyl sites for hydroxylation is 1. The van der Waals surface area contributed by atoms with E-state index in [1.807, 2.05) is 27.7 Å². The van der Waals surface area contributed by atoms with E-state index in [9.17, 15) is 4.39 Å². The quantitative estimate of drug-likeness (QED) is 0.839. The molecular weight excluding hydrogens is 191 g/mol. The van der Waals surface area contributed by atoms with Crippen LogP contribution in [-0.4, -0.2) is 11.5 Å². The average molecular weight is 214 g/mol. The van der Waals surface area contributed by atoms with Gasteiger partial charge in [0.25, 0.3) is 0 Å². The Bertz CT molecular complexity index is 227. The first-order valence-corrected chi connectivity index (χ1v) is 5.62. The highest BCUT2D eigenvalue weighted by Crippen LogP contribution is 2.02. The maximum absolute atomic E-state index is 12.5. The number of halogens is 1. The Hall–Kier alpha value is -0.960. The summed E-state index contributed by atoms with van der Waals surface area (Å²) in [7, 11) is 0. The summed E-state index contributed by atoms with van der Waals surface area (Å²) in [6, 6.07) is 1.49.